The number of nitrogens with one attached hydrogen (secondary N) is 2. The number of carbonyl (C=O) groups is 1. The highest BCUT2D eigenvalue weighted by Gasteiger charge is 2.31. The number of benzene rings is 5. The van der Waals surface area contributed by atoms with Gasteiger partial charge in [0.15, 0.2) is 0 Å². The van der Waals surface area contributed by atoms with Crippen molar-refractivity contribution in [2.45, 2.75) is 45.0 Å². The number of ether oxygens (including phenoxy) is 2. The summed E-state index contributed by atoms with van der Waals surface area (Å²) in [5.41, 5.74) is 6.34. The average Bonchev–Trinajstić information content (AvgIpc) is 3.68. The van der Waals surface area contributed by atoms with Gasteiger partial charge in [-0.15, -0.1) is 13.2 Å². The minimum Gasteiger partial charge on any atom is -0.457 e. The van der Waals surface area contributed by atoms with Crippen LogP contribution in [0.4, 0.5) is 34.8 Å². The molecule has 4 heterocycles. The van der Waals surface area contributed by atoms with Crippen LogP contribution in [-0.4, -0.2) is 44.7 Å². The van der Waals surface area contributed by atoms with E-state index in [0.717, 1.165) is 59.5 Å². The second-order valence-electron chi connectivity index (χ2n) is 15.3. The Bertz CT molecular complexity index is 2970. The van der Waals surface area contributed by atoms with E-state index in [9.17, 15) is 22.4 Å². The summed E-state index contributed by atoms with van der Waals surface area (Å²) in [6, 6.07) is 34.7. The second kappa shape index (κ2) is 20.3. The number of alkyl halides is 3. The number of nitrogens with zero attached hydrogens (tertiary/aromatic N) is 5. The van der Waals surface area contributed by atoms with Crippen LogP contribution in [0.2, 0.25) is 15.1 Å². The summed E-state index contributed by atoms with van der Waals surface area (Å²) in [5, 5.41) is 8.37. The maximum absolute atomic E-state index is 13.4. The monoisotopic (exact) mass is 955 g/mol. The van der Waals surface area contributed by atoms with E-state index in [0.29, 0.717) is 62.2 Å². The van der Waals surface area contributed by atoms with Crippen molar-refractivity contribution in [1.29, 1.82) is 0 Å². The Balaban J connectivity index is 0.000000192. The molecular formula is C49H40Cl3F4N7O3. The summed E-state index contributed by atoms with van der Waals surface area (Å²) in [5.74, 6) is 1.38. The highest BCUT2D eigenvalue weighted by Crippen LogP contribution is 2.34. The van der Waals surface area contributed by atoms with Gasteiger partial charge in [-0.05, 0) is 121 Å². The minimum atomic E-state index is -4.68. The SMILES string of the molecule is CCc1nc2ccc(Cl)cn2c1C(=O)NCc1ccc(N2CCC(c3ccc(OC(F)(F)F)cc3)CC2)cc1.Fc1ccc2c(Nc3ccc(Oc4ccc(Cl)c(Cl)c4)cc3)ncnc2c1. The molecule has 2 N–H and O–H groups in total. The molecule has 0 saturated carbocycles. The normalized spacial score (nSPS) is 13.0. The summed E-state index contributed by atoms with van der Waals surface area (Å²) in [6.45, 7) is 4.04. The van der Waals surface area contributed by atoms with Gasteiger partial charge in [0, 0.05) is 54.7 Å². The summed E-state index contributed by atoms with van der Waals surface area (Å²) in [4.78, 5) is 28.2. The van der Waals surface area contributed by atoms with Crippen molar-refractivity contribution in [3.05, 3.63) is 177 Å². The highest BCUT2D eigenvalue weighted by atomic mass is 35.5. The van der Waals surface area contributed by atoms with Crippen molar-refractivity contribution in [1.82, 2.24) is 24.7 Å². The molecule has 1 fully saturated rings. The molecule has 1 saturated heterocycles. The molecule has 3 aromatic heterocycles. The number of fused-ring (bicyclic) bond motifs is 2. The minimum absolute atomic E-state index is 0.200. The van der Waals surface area contributed by atoms with Crippen LogP contribution < -0.4 is 25.0 Å². The van der Waals surface area contributed by atoms with E-state index < -0.39 is 6.36 Å². The van der Waals surface area contributed by atoms with Gasteiger partial charge in [-0.3, -0.25) is 9.20 Å². The van der Waals surface area contributed by atoms with Crippen LogP contribution in [-0.2, 0) is 13.0 Å². The molecule has 1 aliphatic rings. The predicted octanol–water partition coefficient (Wildman–Crippen LogP) is 13.4. The fourth-order valence-corrected chi connectivity index (χ4v) is 8.06. The van der Waals surface area contributed by atoms with Gasteiger partial charge in [-0.2, -0.15) is 0 Å². The Morgan fingerprint density at radius 1 is 0.803 bits per heavy atom. The number of carbonyl (C=O) groups excluding carboxylic acids is 1. The van der Waals surface area contributed by atoms with Crippen LogP contribution >= 0.6 is 34.8 Å². The Kier molecular flexibility index (Phi) is 14.1. The summed E-state index contributed by atoms with van der Waals surface area (Å²) >= 11 is 18.0. The van der Waals surface area contributed by atoms with Gasteiger partial charge in [-0.1, -0.05) is 66.0 Å². The first kappa shape index (κ1) is 45.9. The number of imidazole rings is 1. The lowest BCUT2D eigenvalue weighted by molar-refractivity contribution is -0.274. The fourth-order valence-electron chi connectivity index (χ4n) is 7.61. The van der Waals surface area contributed by atoms with Crippen LogP contribution in [0.3, 0.4) is 0 Å². The maximum Gasteiger partial charge on any atom is 0.573 e. The summed E-state index contributed by atoms with van der Waals surface area (Å²) in [7, 11) is 0. The molecule has 0 unspecified atom stereocenters. The standard InChI is InChI=1S/C29H28ClF3N4O2.C20H12Cl2FN3O/c1-2-25-27(37-18-22(30)7-12-26(37)35-25)28(38)34-17-19-3-8-23(9-4-19)36-15-13-21(14-16-36)20-5-10-24(11-6-20)39-29(31,32)33;21-17-8-6-15(10-18(17)22)27-14-4-2-13(3-5-14)26-20-16-7-1-12(23)9-19(16)24-11-25-20/h3-12,18,21H,2,13-17H2,1H3,(H,34,38);1-11H,(H,24,25,26). The molecule has 0 aliphatic carbocycles. The van der Waals surface area contributed by atoms with E-state index in [1.54, 1.807) is 59.1 Å². The van der Waals surface area contributed by atoms with Gasteiger partial charge < -0.3 is 25.0 Å². The van der Waals surface area contributed by atoms with Crippen LogP contribution in [0.1, 0.15) is 53.0 Å². The van der Waals surface area contributed by atoms with Crippen molar-refractivity contribution in [3.63, 3.8) is 0 Å². The van der Waals surface area contributed by atoms with Crippen LogP contribution in [0, 0.1) is 5.82 Å². The van der Waals surface area contributed by atoms with Gasteiger partial charge in [0.2, 0.25) is 0 Å². The third-order valence-electron chi connectivity index (χ3n) is 10.9. The third kappa shape index (κ3) is 11.4. The van der Waals surface area contributed by atoms with E-state index in [1.807, 2.05) is 43.3 Å². The molecular weight excluding hydrogens is 917 g/mol. The predicted molar refractivity (Wildman–Crippen MR) is 250 cm³/mol. The first-order chi connectivity index (χ1) is 31.8. The lowest BCUT2D eigenvalue weighted by Gasteiger charge is -2.34. The Morgan fingerprint density at radius 3 is 2.21 bits per heavy atom. The molecule has 17 heteroatoms. The highest BCUT2D eigenvalue weighted by molar-refractivity contribution is 6.42. The summed E-state index contributed by atoms with van der Waals surface area (Å²) < 4.78 is 62.0. The largest absolute Gasteiger partial charge is 0.573 e. The molecule has 338 valence electrons. The molecule has 0 spiro atoms. The van der Waals surface area contributed by atoms with Crippen molar-refractivity contribution in [2.24, 2.45) is 0 Å². The number of halogens is 7. The van der Waals surface area contributed by atoms with Crippen LogP contribution in [0.25, 0.3) is 16.6 Å². The molecule has 0 atom stereocenters. The second-order valence-corrected chi connectivity index (χ2v) is 16.5. The van der Waals surface area contributed by atoms with Gasteiger partial charge >= 0.3 is 6.36 Å². The lowest BCUT2D eigenvalue weighted by atomic mass is 9.89. The fraction of sp³-hybridized carbons (Fsp3) is 0.184. The Labute approximate surface area is 392 Å². The zero-order valence-electron chi connectivity index (χ0n) is 35.1. The van der Waals surface area contributed by atoms with Gasteiger partial charge in [-0.25, -0.2) is 19.3 Å². The first-order valence-corrected chi connectivity index (χ1v) is 22.0. The van der Waals surface area contributed by atoms with E-state index in [4.69, 9.17) is 39.5 Å². The molecule has 9 rings (SSSR count). The number of rotatable bonds is 11. The average molecular weight is 957 g/mol. The number of hydrogen-bond acceptors (Lipinski definition) is 8. The van der Waals surface area contributed by atoms with Crippen molar-refractivity contribution in [2.75, 3.05) is 23.3 Å². The van der Waals surface area contributed by atoms with Crippen LogP contribution in [0.15, 0.2) is 134 Å². The molecule has 1 amide bonds. The van der Waals surface area contributed by atoms with Gasteiger partial charge in [0.05, 0.1) is 26.3 Å². The third-order valence-corrected chi connectivity index (χ3v) is 11.8. The molecule has 10 nitrogen and oxygen atoms in total. The maximum atomic E-state index is 13.4. The van der Waals surface area contributed by atoms with Gasteiger partial charge in [0.25, 0.3) is 5.91 Å². The molecule has 5 aromatic carbocycles. The number of piperidine rings is 1. The lowest BCUT2D eigenvalue weighted by Crippen LogP contribution is -2.32. The van der Waals surface area contributed by atoms with Crippen molar-refractivity contribution in [3.8, 4) is 17.2 Å². The number of pyridine rings is 1. The number of aromatic nitrogens is 4. The Morgan fingerprint density at radius 2 is 1.52 bits per heavy atom. The smallest absolute Gasteiger partial charge is 0.457 e. The van der Waals surface area contributed by atoms with E-state index in [2.05, 4.69) is 47.4 Å². The zero-order chi connectivity index (χ0) is 46.4. The molecule has 1 aliphatic heterocycles. The number of amides is 1. The van der Waals surface area contributed by atoms with E-state index in [-0.39, 0.29) is 23.4 Å². The number of hydrogen-bond donors (Lipinski definition) is 2. The Hall–Kier alpha value is -6.61. The van der Waals surface area contributed by atoms with E-state index >= 15 is 0 Å². The zero-order valence-corrected chi connectivity index (χ0v) is 37.4. The number of aryl methyl sites for hydroxylation is 1. The van der Waals surface area contributed by atoms with Gasteiger partial charge in [0.1, 0.15) is 46.6 Å². The molecule has 0 radical (unpaired) electrons. The van der Waals surface area contributed by atoms with Crippen molar-refractivity contribution < 1.29 is 31.8 Å². The van der Waals surface area contributed by atoms with E-state index in [1.165, 1.54) is 30.6 Å². The molecule has 8 aromatic rings. The quantitative estimate of drug-likeness (QED) is 0.124. The van der Waals surface area contributed by atoms with Crippen LogP contribution in [0.5, 0.6) is 17.2 Å². The summed E-state index contributed by atoms with van der Waals surface area (Å²) in [6.07, 6.45) is 0.849. The molecule has 66 heavy (non-hydrogen) atoms. The van der Waals surface area contributed by atoms with Crippen molar-refractivity contribution >= 4 is 74.5 Å². The number of anilines is 3. The molecule has 0 bridgehead atoms. The topological polar surface area (TPSA) is 106 Å². The first-order valence-electron chi connectivity index (χ1n) is 20.8.